The van der Waals surface area contributed by atoms with E-state index < -0.39 is 6.10 Å². The van der Waals surface area contributed by atoms with Crippen molar-refractivity contribution in [3.8, 4) is 5.75 Å². The summed E-state index contributed by atoms with van der Waals surface area (Å²) in [4.78, 5) is 0. The highest BCUT2D eigenvalue weighted by Gasteiger charge is 2.31. The van der Waals surface area contributed by atoms with Crippen LogP contribution in [0.3, 0.4) is 0 Å². The number of benzene rings is 2. The van der Waals surface area contributed by atoms with Crippen molar-refractivity contribution in [2.75, 3.05) is 6.61 Å². The predicted molar refractivity (Wildman–Crippen MR) is 115 cm³/mol. The Balaban J connectivity index is 2.31. The van der Waals surface area contributed by atoms with Gasteiger partial charge in [0.15, 0.2) is 0 Å². The molecule has 0 fully saturated rings. The van der Waals surface area contributed by atoms with Crippen molar-refractivity contribution in [2.24, 2.45) is 5.41 Å². The Bertz CT molecular complexity index is 734. The average molecular weight is 369 g/mol. The van der Waals surface area contributed by atoms with Crippen LogP contribution in [-0.4, -0.2) is 17.8 Å². The molecule has 2 aromatic rings. The summed E-state index contributed by atoms with van der Waals surface area (Å²) >= 11 is 0. The zero-order chi connectivity index (χ0) is 20.2. The molecule has 1 N–H and O–H groups in total. The fourth-order valence-corrected chi connectivity index (χ4v) is 3.63. The van der Waals surface area contributed by atoms with Crippen LogP contribution in [0.2, 0.25) is 0 Å². The van der Waals surface area contributed by atoms with Gasteiger partial charge in [0.2, 0.25) is 0 Å². The second-order valence-corrected chi connectivity index (χ2v) is 8.83. The van der Waals surface area contributed by atoms with Gasteiger partial charge in [-0.3, -0.25) is 0 Å². The third-order valence-electron chi connectivity index (χ3n) is 5.94. The van der Waals surface area contributed by atoms with E-state index in [0.29, 0.717) is 6.61 Å². The molecule has 1 atom stereocenters. The predicted octanol–water partition coefficient (Wildman–Crippen LogP) is 6.20. The van der Waals surface area contributed by atoms with E-state index in [2.05, 4.69) is 70.2 Å². The van der Waals surface area contributed by atoms with Crippen molar-refractivity contribution >= 4 is 0 Å². The van der Waals surface area contributed by atoms with E-state index in [1.807, 2.05) is 20.8 Å². The van der Waals surface area contributed by atoms with Gasteiger partial charge in [-0.05, 0) is 54.9 Å². The molecule has 0 aliphatic rings. The largest absolute Gasteiger partial charge is 0.491 e. The minimum atomic E-state index is -0.491. The van der Waals surface area contributed by atoms with Gasteiger partial charge in [-0.15, -0.1) is 0 Å². The van der Waals surface area contributed by atoms with Gasteiger partial charge >= 0.3 is 0 Å². The third-order valence-corrected chi connectivity index (χ3v) is 5.94. The van der Waals surface area contributed by atoms with Crippen molar-refractivity contribution in [3.63, 3.8) is 0 Å². The molecule has 0 saturated heterocycles. The fourth-order valence-electron chi connectivity index (χ4n) is 3.63. The number of hydrogen-bond donors (Lipinski definition) is 1. The summed E-state index contributed by atoms with van der Waals surface area (Å²) in [6.45, 7) is 15.1. The first kappa shape index (κ1) is 21.5. The molecular formula is C25H36O2. The number of aliphatic hydroxyl groups excluding tert-OH is 1. The highest BCUT2D eigenvalue weighted by atomic mass is 16.5. The molecule has 0 heterocycles. The first-order valence-electron chi connectivity index (χ1n) is 10.1. The lowest BCUT2D eigenvalue weighted by molar-refractivity contribution is 0.0216. The quantitative estimate of drug-likeness (QED) is 0.631. The second kappa shape index (κ2) is 8.48. The molecule has 2 aromatic carbocycles. The smallest absolute Gasteiger partial charge is 0.122 e. The van der Waals surface area contributed by atoms with Gasteiger partial charge in [-0.1, -0.05) is 76.6 Å². The monoisotopic (exact) mass is 368 g/mol. The molecule has 1 unspecified atom stereocenters. The Morgan fingerprint density at radius 1 is 0.889 bits per heavy atom. The van der Waals surface area contributed by atoms with Crippen LogP contribution in [0.15, 0.2) is 42.5 Å². The maximum Gasteiger partial charge on any atom is 0.122 e. The molecule has 0 amide bonds. The van der Waals surface area contributed by atoms with E-state index in [1.54, 1.807) is 0 Å². The molecule has 0 spiro atoms. The van der Waals surface area contributed by atoms with Gasteiger partial charge in [-0.2, -0.15) is 0 Å². The number of rotatable bonds is 7. The Hall–Kier alpha value is -1.80. The number of hydrogen-bond acceptors (Lipinski definition) is 2. The maximum absolute atomic E-state index is 10.2. The zero-order valence-corrected chi connectivity index (χ0v) is 18.1. The SMILES string of the molecule is CCC(CC)(c1ccc(C)cc1)c1ccc(OCC(O)C(C)(C)C)c(C)c1. The lowest BCUT2D eigenvalue weighted by Gasteiger charge is -2.34. The zero-order valence-electron chi connectivity index (χ0n) is 18.1. The van der Waals surface area contributed by atoms with Gasteiger partial charge in [0.1, 0.15) is 12.4 Å². The molecule has 148 valence electrons. The summed E-state index contributed by atoms with van der Waals surface area (Å²) < 4.78 is 5.93. The number of aryl methyl sites for hydroxylation is 2. The molecule has 27 heavy (non-hydrogen) atoms. The molecule has 0 bridgehead atoms. The molecule has 0 aliphatic carbocycles. The fraction of sp³-hybridized carbons (Fsp3) is 0.520. The van der Waals surface area contributed by atoms with Crippen molar-refractivity contribution in [3.05, 3.63) is 64.7 Å². The standard InChI is InChI=1S/C25H36O2/c1-8-25(9-2,20-12-10-18(3)11-13-20)21-14-15-22(19(4)16-21)27-17-23(26)24(5,6)7/h10-16,23,26H,8-9,17H2,1-7H3. The van der Waals surface area contributed by atoms with Gasteiger partial charge in [0.25, 0.3) is 0 Å². The van der Waals surface area contributed by atoms with Crippen LogP contribution in [-0.2, 0) is 5.41 Å². The molecule has 2 heteroatoms. The van der Waals surface area contributed by atoms with Gasteiger partial charge in [0, 0.05) is 5.41 Å². The van der Waals surface area contributed by atoms with E-state index in [0.717, 1.165) is 24.2 Å². The number of aliphatic hydroxyl groups is 1. The molecule has 0 aromatic heterocycles. The average Bonchev–Trinajstić information content (AvgIpc) is 2.62. The Labute approximate surface area is 165 Å². The molecule has 0 radical (unpaired) electrons. The molecule has 0 aliphatic heterocycles. The van der Waals surface area contributed by atoms with Gasteiger partial charge < -0.3 is 9.84 Å². The Kier molecular flexibility index (Phi) is 6.75. The first-order valence-corrected chi connectivity index (χ1v) is 10.1. The number of ether oxygens (including phenoxy) is 1. The highest BCUT2D eigenvalue weighted by Crippen LogP contribution is 2.40. The van der Waals surface area contributed by atoms with Crippen LogP contribution in [0, 0.1) is 19.3 Å². The van der Waals surface area contributed by atoms with Crippen LogP contribution < -0.4 is 4.74 Å². The van der Waals surface area contributed by atoms with E-state index >= 15 is 0 Å². The second-order valence-electron chi connectivity index (χ2n) is 8.83. The summed E-state index contributed by atoms with van der Waals surface area (Å²) in [5.41, 5.74) is 4.94. The molecule has 0 saturated carbocycles. The Morgan fingerprint density at radius 2 is 1.44 bits per heavy atom. The van der Waals surface area contributed by atoms with Crippen LogP contribution in [0.4, 0.5) is 0 Å². The van der Waals surface area contributed by atoms with Crippen molar-refractivity contribution in [2.45, 2.75) is 72.8 Å². The summed E-state index contributed by atoms with van der Waals surface area (Å²) in [6, 6.07) is 15.4. The maximum atomic E-state index is 10.2. The van der Waals surface area contributed by atoms with Crippen LogP contribution in [0.1, 0.15) is 69.7 Å². The molecule has 2 rings (SSSR count). The van der Waals surface area contributed by atoms with Crippen molar-refractivity contribution < 1.29 is 9.84 Å². The van der Waals surface area contributed by atoms with Crippen LogP contribution >= 0.6 is 0 Å². The Morgan fingerprint density at radius 3 is 1.93 bits per heavy atom. The minimum Gasteiger partial charge on any atom is -0.491 e. The molecule has 2 nitrogen and oxygen atoms in total. The van der Waals surface area contributed by atoms with Crippen LogP contribution in [0.5, 0.6) is 5.75 Å². The van der Waals surface area contributed by atoms with E-state index in [9.17, 15) is 5.11 Å². The lowest BCUT2D eigenvalue weighted by atomic mass is 9.70. The normalized spacial score (nSPS) is 13.5. The summed E-state index contributed by atoms with van der Waals surface area (Å²) in [6.07, 6.45) is 1.61. The highest BCUT2D eigenvalue weighted by molar-refractivity contribution is 5.45. The minimum absolute atomic E-state index is 0.0158. The van der Waals surface area contributed by atoms with E-state index in [1.165, 1.54) is 16.7 Å². The van der Waals surface area contributed by atoms with Gasteiger partial charge in [-0.25, -0.2) is 0 Å². The van der Waals surface area contributed by atoms with Crippen molar-refractivity contribution in [1.29, 1.82) is 0 Å². The van der Waals surface area contributed by atoms with Crippen LogP contribution in [0.25, 0.3) is 0 Å². The first-order chi connectivity index (χ1) is 12.6. The third kappa shape index (κ3) is 4.73. The summed E-state index contributed by atoms with van der Waals surface area (Å²) in [7, 11) is 0. The van der Waals surface area contributed by atoms with E-state index in [-0.39, 0.29) is 10.8 Å². The van der Waals surface area contributed by atoms with Crippen molar-refractivity contribution in [1.82, 2.24) is 0 Å². The lowest BCUT2D eigenvalue weighted by Crippen LogP contribution is -2.32. The molecular weight excluding hydrogens is 332 g/mol. The summed E-state index contributed by atoms with van der Waals surface area (Å²) in [5.74, 6) is 0.854. The summed E-state index contributed by atoms with van der Waals surface area (Å²) in [5, 5.41) is 10.2. The topological polar surface area (TPSA) is 29.5 Å². The van der Waals surface area contributed by atoms with E-state index in [4.69, 9.17) is 4.74 Å². The van der Waals surface area contributed by atoms with Gasteiger partial charge in [0.05, 0.1) is 6.10 Å².